The van der Waals surface area contributed by atoms with E-state index >= 15 is 0 Å². The van der Waals surface area contributed by atoms with Crippen molar-refractivity contribution in [2.75, 3.05) is 37.3 Å². The predicted octanol–water partition coefficient (Wildman–Crippen LogP) is 3.13. The quantitative estimate of drug-likeness (QED) is 0.391. The van der Waals surface area contributed by atoms with Gasteiger partial charge in [-0.15, -0.1) is 0 Å². The van der Waals surface area contributed by atoms with Crippen LogP contribution in [0.15, 0.2) is 65.7 Å². The maximum atomic E-state index is 12.7. The van der Waals surface area contributed by atoms with Gasteiger partial charge in [-0.25, -0.2) is 18.4 Å². The zero-order chi connectivity index (χ0) is 26.7. The van der Waals surface area contributed by atoms with Gasteiger partial charge in [-0.05, 0) is 67.9 Å². The van der Waals surface area contributed by atoms with Gasteiger partial charge in [0, 0.05) is 43.0 Å². The van der Waals surface area contributed by atoms with E-state index in [1.807, 2.05) is 36.4 Å². The number of hydrogen-bond acceptors (Lipinski definition) is 8. The fourth-order valence-corrected chi connectivity index (χ4v) is 5.52. The number of nitrogens with zero attached hydrogens (tertiary/aromatic N) is 4. The summed E-state index contributed by atoms with van der Waals surface area (Å²) in [5.41, 5.74) is 3.84. The highest BCUT2D eigenvalue weighted by Crippen LogP contribution is 2.23. The number of carbonyl (C=O) groups is 1. The Balaban J connectivity index is 1.34. The molecule has 0 unspecified atom stereocenters. The van der Waals surface area contributed by atoms with E-state index < -0.39 is 9.84 Å². The lowest BCUT2D eigenvalue weighted by Gasteiger charge is -2.21. The van der Waals surface area contributed by atoms with Crippen molar-refractivity contribution >= 4 is 32.5 Å². The zero-order valence-electron chi connectivity index (χ0n) is 21.4. The first-order valence-electron chi connectivity index (χ1n) is 12.6. The molecule has 1 aliphatic rings. The van der Waals surface area contributed by atoms with Crippen LogP contribution < -0.4 is 15.5 Å². The lowest BCUT2D eigenvalue weighted by atomic mass is 10.1. The van der Waals surface area contributed by atoms with E-state index in [9.17, 15) is 13.2 Å². The van der Waals surface area contributed by atoms with Gasteiger partial charge in [-0.3, -0.25) is 9.78 Å². The van der Waals surface area contributed by atoms with Crippen LogP contribution in [-0.2, 0) is 16.4 Å². The van der Waals surface area contributed by atoms with Gasteiger partial charge in [-0.1, -0.05) is 12.1 Å². The molecule has 4 aromatic rings. The zero-order valence-corrected chi connectivity index (χ0v) is 22.3. The first-order valence-corrected chi connectivity index (χ1v) is 14.4. The van der Waals surface area contributed by atoms with E-state index in [0.29, 0.717) is 11.3 Å². The van der Waals surface area contributed by atoms with Gasteiger partial charge < -0.3 is 15.5 Å². The van der Waals surface area contributed by atoms with Crippen molar-refractivity contribution in [2.24, 2.45) is 0 Å². The third-order valence-corrected chi connectivity index (χ3v) is 7.81. The number of rotatable bonds is 6. The maximum absolute atomic E-state index is 12.7. The number of hydrogen-bond donors (Lipinski definition) is 2. The summed E-state index contributed by atoms with van der Waals surface area (Å²) in [5, 5.41) is 7.13. The molecule has 0 radical (unpaired) electrons. The minimum Gasteiger partial charge on any atom is -0.355 e. The average molecular weight is 531 g/mol. The Hall–Kier alpha value is -3.89. The molecule has 1 amide bonds. The molecule has 4 heterocycles. The van der Waals surface area contributed by atoms with E-state index in [4.69, 9.17) is 9.97 Å². The van der Waals surface area contributed by atoms with E-state index in [2.05, 4.69) is 20.5 Å². The first-order chi connectivity index (χ1) is 18.3. The van der Waals surface area contributed by atoms with Crippen LogP contribution in [0.25, 0.3) is 22.3 Å². The normalized spacial score (nSPS) is 14.3. The molecule has 1 saturated heterocycles. The maximum Gasteiger partial charge on any atom is 0.251 e. The molecule has 38 heavy (non-hydrogen) atoms. The molecule has 1 aromatic carbocycles. The Morgan fingerprint density at radius 3 is 2.71 bits per heavy atom. The second kappa shape index (κ2) is 10.8. The van der Waals surface area contributed by atoms with Crippen molar-refractivity contribution in [3.63, 3.8) is 0 Å². The SMILES string of the molecule is Cc1ccc(C(=O)NCc2cc3nc(-c4cccc(N5CCCNCC5)n4)ccc3cn2)cc1S(C)(=O)=O. The van der Waals surface area contributed by atoms with Crippen LogP contribution in [-0.4, -0.2) is 61.7 Å². The Labute approximate surface area is 222 Å². The highest BCUT2D eigenvalue weighted by molar-refractivity contribution is 7.90. The highest BCUT2D eigenvalue weighted by atomic mass is 32.2. The minimum atomic E-state index is -3.43. The molecule has 10 heteroatoms. The molecule has 196 valence electrons. The van der Waals surface area contributed by atoms with E-state index in [1.54, 1.807) is 25.3 Å². The minimum absolute atomic E-state index is 0.149. The van der Waals surface area contributed by atoms with Crippen molar-refractivity contribution in [2.45, 2.75) is 24.8 Å². The van der Waals surface area contributed by atoms with Crippen molar-refractivity contribution < 1.29 is 13.2 Å². The third-order valence-electron chi connectivity index (χ3n) is 6.57. The molecule has 3 aromatic heterocycles. The first kappa shape index (κ1) is 25.7. The number of benzene rings is 1. The molecule has 0 spiro atoms. The van der Waals surface area contributed by atoms with Crippen LogP contribution in [0.4, 0.5) is 5.82 Å². The van der Waals surface area contributed by atoms with Gasteiger partial charge in [-0.2, -0.15) is 0 Å². The fourth-order valence-electron chi connectivity index (χ4n) is 4.53. The number of aryl methyl sites for hydroxylation is 1. The van der Waals surface area contributed by atoms with Gasteiger partial charge in [0.1, 0.15) is 5.82 Å². The summed E-state index contributed by atoms with van der Waals surface area (Å²) >= 11 is 0. The van der Waals surface area contributed by atoms with E-state index in [-0.39, 0.29) is 22.9 Å². The molecule has 0 saturated carbocycles. The lowest BCUT2D eigenvalue weighted by molar-refractivity contribution is 0.0950. The van der Waals surface area contributed by atoms with Gasteiger partial charge in [0.2, 0.25) is 0 Å². The van der Waals surface area contributed by atoms with Crippen molar-refractivity contribution in [3.8, 4) is 11.4 Å². The van der Waals surface area contributed by atoms with Crippen LogP contribution in [0.1, 0.15) is 28.0 Å². The van der Waals surface area contributed by atoms with Crippen LogP contribution in [0.2, 0.25) is 0 Å². The Kier molecular flexibility index (Phi) is 7.35. The standard InChI is InChI=1S/C28H30N6O3S/c1-19-7-8-20(15-26(19)38(2,36)37)28(35)31-18-22-16-25-21(17-30-22)9-10-24(32-25)23-5-3-6-27(33-23)34-13-4-11-29-12-14-34/h3,5-10,15-17,29H,4,11-14,18H2,1-2H3,(H,31,35). The van der Waals surface area contributed by atoms with Crippen LogP contribution in [0, 0.1) is 6.92 Å². The van der Waals surface area contributed by atoms with Crippen LogP contribution in [0.3, 0.4) is 0 Å². The number of sulfone groups is 1. The van der Waals surface area contributed by atoms with Gasteiger partial charge >= 0.3 is 0 Å². The van der Waals surface area contributed by atoms with Crippen LogP contribution in [0.5, 0.6) is 0 Å². The number of anilines is 1. The Morgan fingerprint density at radius 2 is 1.87 bits per heavy atom. The molecule has 2 N–H and O–H groups in total. The van der Waals surface area contributed by atoms with Crippen molar-refractivity contribution in [3.05, 3.63) is 77.6 Å². The highest BCUT2D eigenvalue weighted by Gasteiger charge is 2.15. The number of fused-ring (bicyclic) bond motifs is 1. The molecule has 0 bridgehead atoms. The van der Waals surface area contributed by atoms with Gasteiger partial charge in [0.05, 0.1) is 34.0 Å². The molecule has 5 rings (SSSR count). The number of nitrogens with one attached hydrogen (secondary N) is 2. The monoisotopic (exact) mass is 530 g/mol. The molecule has 0 aliphatic carbocycles. The fraction of sp³-hybridized carbons (Fsp3) is 0.286. The predicted molar refractivity (Wildman–Crippen MR) is 148 cm³/mol. The number of aromatic nitrogens is 3. The summed E-state index contributed by atoms with van der Waals surface area (Å²) in [6.07, 6.45) is 3.94. The van der Waals surface area contributed by atoms with Gasteiger partial charge in [0.15, 0.2) is 9.84 Å². The largest absolute Gasteiger partial charge is 0.355 e. The second-order valence-corrected chi connectivity index (χ2v) is 11.5. The van der Waals surface area contributed by atoms with Crippen molar-refractivity contribution in [1.82, 2.24) is 25.6 Å². The van der Waals surface area contributed by atoms with E-state index in [0.717, 1.165) is 67.0 Å². The summed E-state index contributed by atoms with van der Waals surface area (Å²) in [6.45, 7) is 5.73. The number of amides is 1. The van der Waals surface area contributed by atoms with E-state index in [1.165, 1.54) is 6.07 Å². The second-order valence-electron chi connectivity index (χ2n) is 9.47. The van der Waals surface area contributed by atoms with Gasteiger partial charge in [0.25, 0.3) is 5.91 Å². The molecular formula is C28H30N6O3S. The average Bonchev–Trinajstić information content (AvgIpc) is 3.21. The van der Waals surface area contributed by atoms with Crippen molar-refractivity contribution in [1.29, 1.82) is 0 Å². The molecule has 1 fully saturated rings. The lowest BCUT2D eigenvalue weighted by Crippen LogP contribution is -2.28. The number of pyridine rings is 3. The summed E-state index contributed by atoms with van der Waals surface area (Å²) in [4.78, 5) is 29.3. The Morgan fingerprint density at radius 1 is 1.03 bits per heavy atom. The molecular weight excluding hydrogens is 500 g/mol. The van der Waals surface area contributed by atoms with Crippen LogP contribution >= 0.6 is 0 Å². The molecule has 0 atom stereocenters. The molecule has 9 nitrogen and oxygen atoms in total. The summed E-state index contributed by atoms with van der Waals surface area (Å²) in [5.74, 6) is 0.574. The summed E-state index contributed by atoms with van der Waals surface area (Å²) in [7, 11) is -3.43. The summed E-state index contributed by atoms with van der Waals surface area (Å²) in [6, 6.07) is 16.4. The molecule has 1 aliphatic heterocycles. The third kappa shape index (κ3) is 5.81. The summed E-state index contributed by atoms with van der Waals surface area (Å²) < 4.78 is 24.0. The topological polar surface area (TPSA) is 117 Å². The number of carbonyl (C=O) groups excluding carboxylic acids is 1. The smallest absolute Gasteiger partial charge is 0.251 e. The Bertz CT molecular complexity index is 1600.